The molecule has 0 aliphatic heterocycles. The number of imidazole rings is 1. The molecule has 1 saturated carbocycles. The van der Waals surface area contributed by atoms with Gasteiger partial charge in [0.1, 0.15) is 0 Å². The molecule has 2 unspecified atom stereocenters. The number of aromatic nitrogens is 2. The second kappa shape index (κ2) is 7.05. The van der Waals surface area contributed by atoms with E-state index in [0.29, 0.717) is 11.0 Å². The summed E-state index contributed by atoms with van der Waals surface area (Å²) in [4.78, 5) is 4.08. The fourth-order valence-electron chi connectivity index (χ4n) is 2.62. The molecule has 3 rings (SSSR count). The van der Waals surface area contributed by atoms with Crippen LogP contribution in [0.3, 0.4) is 0 Å². The molecule has 7 nitrogen and oxygen atoms in total. The molecular weight excluding hydrogens is 362 g/mol. The van der Waals surface area contributed by atoms with Crippen LogP contribution in [0.5, 0.6) is 0 Å². The topological polar surface area (TPSA) is 115 Å². The van der Waals surface area contributed by atoms with Crippen LogP contribution >= 0.6 is 0 Å². The molecule has 0 saturated heterocycles. The van der Waals surface area contributed by atoms with Gasteiger partial charge in [-0.05, 0) is 43.4 Å². The van der Waals surface area contributed by atoms with Gasteiger partial charge in [-0.2, -0.15) is 0 Å². The summed E-state index contributed by atoms with van der Waals surface area (Å²) in [7, 11) is -4.07. The number of hydrogen-bond donors (Lipinski definition) is 2. The summed E-state index contributed by atoms with van der Waals surface area (Å²) in [5.74, 6) is 0.972. The molecule has 0 radical (unpaired) electrons. The highest BCUT2D eigenvalue weighted by atomic mass is 32.2. The van der Waals surface area contributed by atoms with E-state index in [1.54, 1.807) is 31.4 Å². The molecule has 25 heavy (non-hydrogen) atoms. The largest absolute Gasteiger partial charge is 0.385 e. The maximum absolute atomic E-state index is 11.7. The predicted molar refractivity (Wildman–Crippen MR) is 101 cm³/mol. The van der Waals surface area contributed by atoms with Crippen molar-refractivity contribution < 1.29 is 17.7 Å². The maximum Gasteiger partial charge on any atom is 0.239 e. The molecular formula is C16H25N3O4S2. The Balaban J connectivity index is 0.000000399. The van der Waals surface area contributed by atoms with Crippen molar-refractivity contribution in [3.05, 3.63) is 23.8 Å². The van der Waals surface area contributed by atoms with Crippen LogP contribution in [-0.2, 0) is 26.4 Å². The third-order valence-corrected chi connectivity index (χ3v) is 6.19. The zero-order valence-corrected chi connectivity index (χ0v) is 16.5. The molecule has 1 aromatic heterocycles. The molecule has 2 aromatic rings. The number of anilines is 1. The van der Waals surface area contributed by atoms with Crippen molar-refractivity contribution in [3.63, 3.8) is 0 Å². The highest BCUT2D eigenvalue weighted by molar-refractivity contribution is 7.89. The van der Waals surface area contributed by atoms with E-state index in [9.17, 15) is 17.7 Å². The Hall–Kier alpha value is -1.45. The summed E-state index contributed by atoms with van der Waals surface area (Å²) in [5.41, 5.74) is 6.43. The van der Waals surface area contributed by atoms with Gasteiger partial charge in [0.25, 0.3) is 0 Å². The second-order valence-corrected chi connectivity index (χ2v) is 10.0. The monoisotopic (exact) mass is 387 g/mol. The minimum Gasteiger partial charge on any atom is -0.385 e. The van der Waals surface area contributed by atoms with Crippen LogP contribution in [0.4, 0.5) is 5.95 Å². The zero-order valence-electron chi connectivity index (χ0n) is 14.9. The first-order valence-corrected chi connectivity index (χ1v) is 11.6. The van der Waals surface area contributed by atoms with Gasteiger partial charge in [0.05, 0.1) is 22.9 Å². The van der Waals surface area contributed by atoms with Crippen molar-refractivity contribution in [3.8, 4) is 0 Å². The van der Waals surface area contributed by atoms with E-state index in [0.717, 1.165) is 34.4 Å². The molecule has 1 aromatic carbocycles. The first-order chi connectivity index (χ1) is 11.5. The minimum atomic E-state index is -3.50. The van der Waals surface area contributed by atoms with Crippen LogP contribution in [0.15, 0.2) is 18.2 Å². The van der Waals surface area contributed by atoms with Crippen LogP contribution in [0.1, 0.15) is 32.3 Å². The first-order valence-electron chi connectivity index (χ1n) is 7.99. The van der Waals surface area contributed by atoms with Gasteiger partial charge in [-0.25, -0.2) is 17.4 Å². The lowest BCUT2D eigenvalue weighted by molar-refractivity contribution is 0.0332. The molecule has 0 bridgehead atoms. The molecule has 3 N–H and O–H groups in total. The van der Waals surface area contributed by atoms with E-state index in [4.69, 9.17) is 5.73 Å². The Morgan fingerprint density at radius 1 is 1.44 bits per heavy atom. The fraction of sp³-hybridized carbons (Fsp3) is 0.562. The van der Waals surface area contributed by atoms with E-state index in [1.165, 1.54) is 0 Å². The van der Waals surface area contributed by atoms with Gasteiger partial charge in [0.2, 0.25) is 16.0 Å². The summed E-state index contributed by atoms with van der Waals surface area (Å²) in [6.45, 7) is 3.68. The Labute approximate surface area is 150 Å². The lowest BCUT2D eigenvalue weighted by Crippen LogP contribution is -2.23. The van der Waals surface area contributed by atoms with Crippen molar-refractivity contribution in [2.75, 3.05) is 24.0 Å². The Kier molecular flexibility index (Phi) is 5.60. The summed E-state index contributed by atoms with van der Waals surface area (Å²) in [6.07, 6.45) is 4.79. The Morgan fingerprint density at radius 3 is 2.44 bits per heavy atom. The summed E-state index contributed by atoms with van der Waals surface area (Å²) in [5, 5.41) is 10.5. The normalized spacial score (nSPS) is 18.3. The lowest BCUT2D eigenvalue weighted by Gasteiger charge is -2.23. The number of rotatable bonds is 4. The van der Waals surface area contributed by atoms with Crippen LogP contribution in [0.2, 0.25) is 0 Å². The zero-order chi connectivity index (χ0) is 19.0. The van der Waals surface area contributed by atoms with Gasteiger partial charge >= 0.3 is 0 Å². The molecule has 2 atom stereocenters. The van der Waals surface area contributed by atoms with Gasteiger partial charge < -0.3 is 10.8 Å². The minimum absolute atomic E-state index is 0.0642. The van der Waals surface area contributed by atoms with Crippen molar-refractivity contribution in [2.24, 2.45) is 5.92 Å². The number of nitrogens with two attached hydrogens (primary N) is 1. The standard InChI is InChI=1S/C13H17N3O3S.C3H8OS/c1-13(17,8-3-4-8)9-5-6-11-10(7-9)15-12(14)16(11)20(2,18)19;1-3-5(2)4/h5-8,17H,3-4H2,1-2H3,(H2,14,15);3H2,1-2H3. The van der Waals surface area contributed by atoms with E-state index in [-0.39, 0.29) is 11.9 Å². The Bertz CT molecular complexity index is 899. The third kappa shape index (κ3) is 4.39. The Morgan fingerprint density at radius 2 is 2.00 bits per heavy atom. The number of nitrogens with zero attached hydrogens (tertiary/aromatic N) is 2. The van der Waals surface area contributed by atoms with Crippen LogP contribution in [-0.4, -0.2) is 45.0 Å². The number of fused-ring (bicyclic) bond motifs is 1. The second-order valence-electron chi connectivity index (χ2n) is 6.48. The van der Waals surface area contributed by atoms with E-state index in [2.05, 4.69) is 4.98 Å². The average Bonchev–Trinajstić information content (AvgIpc) is 3.28. The molecule has 0 spiro atoms. The van der Waals surface area contributed by atoms with Crippen molar-refractivity contribution >= 4 is 37.8 Å². The van der Waals surface area contributed by atoms with Crippen molar-refractivity contribution in [1.29, 1.82) is 0 Å². The molecule has 1 aliphatic carbocycles. The summed E-state index contributed by atoms with van der Waals surface area (Å²) >= 11 is 0. The quantitative estimate of drug-likeness (QED) is 0.820. The van der Waals surface area contributed by atoms with Crippen molar-refractivity contribution in [1.82, 2.24) is 8.96 Å². The number of benzene rings is 1. The van der Waals surface area contributed by atoms with Crippen LogP contribution in [0, 0.1) is 5.92 Å². The van der Waals surface area contributed by atoms with Gasteiger partial charge in [0, 0.05) is 22.8 Å². The smallest absolute Gasteiger partial charge is 0.239 e. The predicted octanol–water partition coefficient (Wildman–Crippen LogP) is 1.43. The molecule has 0 amide bonds. The molecule has 1 aliphatic rings. The fourth-order valence-corrected chi connectivity index (χ4v) is 3.51. The van der Waals surface area contributed by atoms with E-state index >= 15 is 0 Å². The molecule has 140 valence electrons. The van der Waals surface area contributed by atoms with Crippen molar-refractivity contribution in [2.45, 2.75) is 32.3 Å². The number of aliphatic hydroxyl groups is 1. The number of hydrogen-bond acceptors (Lipinski definition) is 6. The average molecular weight is 388 g/mol. The van der Waals surface area contributed by atoms with Gasteiger partial charge in [-0.1, -0.05) is 13.0 Å². The van der Waals surface area contributed by atoms with Crippen LogP contribution in [0.25, 0.3) is 11.0 Å². The van der Waals surface area contributed by atoms with Crippen LogP contribution < -0.4 is 5.73 Å². The maximum atomic E-state index is 11.7. The highest BCUT2D eigenvalue weighted by Gasteiger charge is 2.41. The van der Waals surface area contributed by atoms with Gasteiger partial charge in [-0.15, -0.1) is 0 Å². The molecule has 1 fully saturated rings. The third-order valence-electron chi connectivity index (χ3n) is 4.33. The molecule has 1 heterocycles. The van der Waals surface area contributed by atoms with E-state index < -0.39 is 26.4 Å². The van der Waals surface area contributed by atoms with Gasteiger partial charge in [-0.3, -0.25) is 4.21 Å². The SMILES string of the molecule is CC(O)(c1ccc2c(c1)nc(N)n2S(C)(=O)=O)C1CC1.CCS(C)=O. The highest BCUT2D eigenvalue weighted by Crippen LogP contribution is 2.45. The van der Waals surface area contributed by atoms with Gasteiger partial charge in [0.15, 0.2) is 0 Å². The summed E-state index contributed by atoms with van der Waals surface area (Å²) < 4.78 is 34.4. The molecule has 9 heteroatoms. The number of nitrogen functional groups attached to an aromatic ring is 1. The first kappa shape index (κ1) is 19.9. The van der Waals surface area contributed by atoms with E-state index in [1.807, 2.05) is 6.92 Å². The lowest BCUT2D eigenvalue weighted by atomic mass is 9.91. The summed E-state index contributed by atoms with van der Waals surface area (Å²) in [6, 6.07) is 5.10.